The van der Waals surface area contributed by atoms with Crippen molar-refractivity contribution in [3.63, 3.8) is 0 Å². The topological polar surface area (TPSA) is 21.3 Å². The third kappa shape index (κ3) is 2.86. The first kappa shape index (κ1) is 15.4. The summed E-state index contributed by atoms with van der Waals surface area (Å²) in [6.07, 6.45) is 3.89. The minimum Gasteiger partial charge on any atom is -0.376 e. The average Bonchev–Trinajstić information content (AvgIpc) is 2.44. The van der Waals surface area contributed by atoms with Gasteiger partial charge in [0.2, 0.25) is 0 Å². The van der Waals surface area contributed by atoms with E-state index < -0.39 is 17.2 Å². The van der Waals surface area contributed by atoms with Crippen molar-refractivity contribution in [3.05, 3.63) is 35.4 Å². The molecule has 1 fully saturated rings. The fraction of sp³-hybridized carbons (Fsp3) is 0.625. The van der Waals surface area contributed by atoms with Gasteiger partial charge in [-0.1, -0.05) is 13.0 Å². The molecule has 0 heterocycles. The maximum absolute atomic E-state index is 14.1. The summed E-state index contributed by atoms with van der Waals surface area (Å²) in [6, 6.07) is 3.50. The van der Waals surface area contributed by atoms with E-state index in [1.165, 1.54) is 12.1 Å². The van der Waals surface area contributed by atoms with Crippen LogP contribution < -0.4 is 5.32 Å². The molecule has 4 heteroatoms. The molecule has 1 aromatic rings. The molecule has 2 nitrogen and oxygen atoms in total. The normalized spacial score (nSPS) is 28.4. The fourth-order valence-electron chi connectivity index (χ4n) is 3.30. The third-order valence-electron chi connectivity index (χ3n) is 4.62. The Balaban J connectivity index is 2.34. The number of nitrogens with one attached hydrogen (secondary N) is 1. The van der Waals surface area contributed by atoms with Gasteiger partial charge in [-0.2, -0.15) is 0 Å². The number of ether oxygens (including phenoxy) is 1. The van der Waals surface area contributed by atoms with Crippen LogP contribution in [0.1, 0.15) is 44.2 Å². The van der Waals surface area contributed by atoms with Gasteiger partial charge < -0.3 is 10.1 Å². The predicted molar refractivity (Wildman–Crippen MR) is 75.5 cm³/mol. The quantitative estimate of drug-likeness (QED) is 0.907. The first-order valence-electron chi connectivity index (χ1n) is 7.20. The number of benzene rings is 1. The summed E-state index contributed by atoms with van der Waals surface area (Å²) >= 11 is 0. The molecule has 1 aromatic carbocycles. The molecule has 2 rings (SSSR count). The molecular formula is C16H23F2NO. The molecule has 1 saturated carbocycles. The van der Waals surface area contributed by atoms with E-state index in [0.29, 0.717) is 11.5 Å². The van der Waals surface area contributed by atoms with E-state index in [9.17, 15) is 8.78 Å². The zero-order valence-electron chi connectivity index (χ0n) is 12.4. The van der Waals surface area contributed by atoms with Gasteiger partial charge in [0.25, 0.3) is 0 Å². The highest BCUT2D eigenvalue weighted by molar-refractivity contribution is 5.25. The van der Waals surface area contributed by atoms with Gasteiger partial charge in [-0.15, -0.1) is 0 Å². The molecule has 0 bridgehead atoms. The summed E-state index contributed by atoms with van der Waals surface area (Å²) in [5.74, 6) is -0.391. The summed E-state index contributed by atoms with van der Waals surface area (Å²) in [4.78, 5) is 0. The average molecular weight is 283 g/mol. The minimum absolute atomic E-state index is 0.263. The Labute approximate surface area is 119 Å². The van der Waals surface area contributed by atoms with Crippen LogP contribution in [0.3, 0.4) is 0 Å². The Morgan fingerprint density at radius 3 is 2.45 bits per heavy atom. The number of halogens is 2. The summed E-state index contributed by atoms with van der Waals surface area (Å²) in [7, 11) is 3.48. The second kappa shape index (κ2) is 6.19. The molecule has 0 aliphatic heterocycles. The van der Waals surface area contributed by atoms with Crippen LogP contribution in [0.5, 0.6) is 0 Å². The zero-order valence-corrected chi connectivity index (χ0v) is 12.4. The fourth-order valence-corrected chi connectivity index (χ4v) is 3.30. The highest BCUT2D eigenvalue weighted by Crippen LogP contribution is 2.43. The van der Waals surface area contributed by atoms with Crippen LogP contribution >= 0.6 is 0 Å². The predicted octanol–water partition coefficient (Wildman–Crippen LogP) is 3.82. The molecule has 20 heavy (non-hydrogen) atoms. The second-order valence-corrected chi connectivity index (χ2v) is 5.84. The van der Waals surface area contributed by atoms with Crippen LogP contribution in [0.2, 0.25) is 0 Å². The van der Waals surface area contributed by atoms with Gasteiger partial charge in [0.05, 0.1) is 11.6 Å². The number of likely N-dealkylation sites (N-methyl/N-ethyl adjacent to an activating group) is 1. The van der Waals surface area contributed by atoms with Gasteiger partial charge in [0.1, 0.15) is 11.6 Å². The lowest BCUT2D eigenvalue weighted by molar-refractivity contribution is -0.0752. The Kier molecular flexibility index (Phi) is 4.76. The van der Waals surface area contributed by atoms with Crippen molar-refractivity contribution in [1.82, 2.24) is 5.32 Å². The number of rotatable bonds is 4. The van der Waals surface area contributed by atoms with Crippen molar-refractivity contribution in [1.29, 1.82) is 0 Å². The molecule has 0 amide bonds. The Morgan fingerprint density at radius 1 is 1.30 bits per heavy atom. The van der Waals surface area contributed by atoms with Crippen LogP contribution in [0.4, 0.5) is 8.78 Å². The maximum atomic E-state index is 14.1. The van der Waals surface area contributed by atoms with Gasteiger partial charge in [-0.3, -0.25) is 0 Å². The van der Waals surface area contributed by atoms with Crippen molar-refractivity contribution in [2.75, 3.05) is 14.2 Å². The zero-order chi connectivity index (χ0) is 14.8. The molecule has 112 valence electrons. The van der Waals surface area contributed by atoms with Crippen molar-refractivity contribution < 1.29 is 13.5 Å². The molecule has 0 radical (unpaired) electrons. The van der Waals surface area contributed by atoms with Crippen LogP contribution in [0.25, 0.3) is 0 Å². The van der Waals surface area contributed by atoms with Gasteiger partial charge in [0.15, 0.2) is 0 Å². The lowest BCUT2D eigenvalue weighted by Crippen LogP contribution is -2.47. The third-order valence-corrected chi connectivity index (χ3v) is 4.62. The SMILES string of the molecule is CNC(c1ccc(F)cc1F)C1(OC)CCC(C)CC1. The Hall–Kier alpha value is -1.00. The second-order valence-electron chi connectivity index (χ2n) is 5.84. The van der Waals surface area contributed by atoms with E-state index in [1.807, 2.05) is 0 Å². The molecule has 0 aromatic heterocycles. The highest BCUT2D eigenvalue weighted by atomic mass is 19.1. The number of hydrogen-bond acceptors (Lipinski definition) is 2. The van der Waals surface area contributed by atoms with Crippen molar-refractivity contribution >= 4 is 0 Å². The summed E-state index contributed by atoms with van der Waals surface area (Å²) in [5, 5.41) is 3.17. The van der Waals surface area contributed by atoms with Crippen LogP contribution in [0, 0.1) is 17.6 Å². The largest absolute Gasteiger partial charge is 0.376 e. The summed E-state index contributed by atoms with van der Waals surface area (Å²) < 4.78 is 33.0. The van der Waals surface area contributed by atoms with E-state index in [-0.39, 0.29) is 6.04 Å². The summed E-state index contributed by atoms with van der Waals surface area (Å²) in [6.45, 7) is 2.23. The highest BCUT2D eigenvalue weighted by Gasteiger charge is 2.42. The van der Waals surface area contributed by atoms with E-state index in [0.717, 1.165) is 31.7 Å². The van der Waals surface area contributed by atoms with Crippen molar-refractivity contribution in [3.8, 4) is 0 Å². The molecule has 0 saturated heterocycles. The Bertz CT molecular complexity index is 456. The summed E-state index contributed by atoms with van der Waals surface area (Å²) in [5.41, 5.74) is 0.0604. The van der Waals surface area contributed by atoms with E-state index >= 15 is 0 Å². The smallest absolute Gasteiger partial charge is 0.131 e. The Morgan fingerprint density at radius 2 is 1.95 bits per heavy atom. The van der Waals surface area contributed by atoms with E-state index in [1.54, 1.807) is 14.2 Å². The van der Waals surface area contributed by atoms with Crippen LogP contribution in [0.15, 0.2) is 18.2 Å². The molecule has 1 aliphatic rings. The van der Waals surface area contributed by atoms with Crippen LogP contribution in [-0.2, 0) is 4.74 Å². The molecule has 1 aliphatic carbocycles. The van der Waals surface area contributed by atoms with Crippen molar-refractivity contribution in [2.45, 2.75) is 44.2 Å². The van der Waals surface area contributed by atoms with Gasteiger partial charge in [-0.25, -0.2) is 8.78 Å². The van der Waals surface area contributed by atoms with Crippen molar-refractivity contribution in [2.24, 2.45) is 5.92 Å². The van der Waals surface area contributed by atoms with Gasteiger partial charge >= 0.3 is 0 Å². The molecule has 1 atom stereocenters. The minimum atomic E-state index is -0.551. The van der Waals surface area contributed by atoms with Gasteiger partial charge in [-0.05, 0) is 44.7 Å². The molecular weight excluding hydrogens is 260 g/mol. The lowest BCUT2D eigenvalue weighted by atomic mass is 9.73. The molecule has 1 unspecified atom stereocenters. The molecule has 0 spiro atoms. The number of hydrogen-bond donors (Lipinski definition) is 1. The lowest BCUT2D eigenvalue weighted by Gasteiger charge is -2.44. The monoisotopic (exact) mass is 283 g/mol. The van der Waals surface area contributed by atoms with E-state index in [4.69, 9.17) is 4.74 Å². The van der Waals surface area contributed by atoms with Crippen LogP contribution in [-0.4, -0.2) is 19.8 Å². The standard InChI is InChI=1S/C16H23F2NO/c1-11-6-8-16(20-3,9-7-11)15(19-2)13-5-4-12(17)10-14(13)18/h4-5,10-11,15,19H,6-9H2,1-3H3. The maximum Gasteiger partial charge on any atom is 0.131 e. The first-order valence-corrected chi connectivity index (χ1v) is 7.20. The van der Waals surface area contributed by atoms with Gasteiger partial charge in [0, 0.05) is 18.7 Å². The molecule has 1 N–H and O–H groups in total. The van der Waals surface area contributed by atoms with E-state index in [2.05, 4.69) is 12.2 Å². The first-order chi connectivity index (χ1) is 9.52. The number of methoxy groups -OCH3 is 1.